The molecule has 0 bridgehead atoms. The van der Waals surface area contributed by atoms with Gasteiger partial charge in [0.25, 0.3) is 0 Å². The largest absolute Gasteiger partial charge is 0.487 e. The minimum Gasteiger partial charge on any atom is -0.487 e. The zero-order valence-electron chi connectivity index (χ0n) is 11.5. The van der Waals surface area contributed by atoms with Gasteiger partial charge in [-0.1, -0.05) is 0 Å². The van der Waals surface area contributed by atoms with Gasteiger partial charge >= 0.3 is 0 Å². The first-order valence-electron chi connectivity index (χ1n) is 6.04. The van der Waals surface area contributed by atoms with Gasteiger partial charge in [-0.3, -0.25) is 0 Å². The van der Waals surface area contributed by atoms with Crippen LogP contribution in [0.4, 0.5) is 5.82 Å². The Balaban J connectivity index is 2.74. The van der Waals surface area contributed by atoms with E-state index in [4.69, 9.17) is 9.47 Å². The smallest absolute Gasteiger partial charge is 0.171 e. The number of aliphatic hydroxyl groups excluding tert-OH is 1. The number of likely N-dealkylation sites (N-methyl/N-ethyl adjacent to an activating group) is 1. The zero-order chi connectivity index (χ0) is 13.5. The topological polar surface area (TPSA) is 54.8 Å². The van der Waals surface area contributed by atoms with Gasteiger partial charge in [0.15, 0.2) is 11.6 Å². The van der Waals surface area contributed by atoms with Crippen LogP contribution in [0.15, 0.2) is 18.3 Å². The van der Waals surface area contributed by atoms with E-state index in [-0.39, 0.29) is 6.10 Å². The monoisotopic (exact) mass is 254 g/mol. The molecule has 1 heterocycles. The van der Waals surface area contributed by atoms with Crippen LogP contribution in [-0.2, 0) is 4.74 Å². The van der Waals surface area contributed by atoms with Gasteiger partial charge in [-0.2, -0.15) is 0 Å². The Morgan fingerprint density at radius 3 is 2.78 bits per heavy atom. The summed E-state index contributed by atoms with van der Waals surface area (Å²) in [5, 5.41) is 9.72. The molecule has 5 heteroatoms. The van der Waals surface area contributed by atoms with Crippen molar-refractivity contribution in [3.8, 4) is 5.75 Å². The number of ether oxygens (including phenoxy) is 2. The van der Waals surface area contributed by atoms with Crippen molar-refractivity contribution >= 4 is 5.82 Å². The van der Waals surface area contributed by atoms with Crippen LogP contribution in [0.25, 0.3) is 0 Å². The number of methoxy groups -OCH3 is 1. The van der Waals surface area contributed by atoms with Gasteiger partial charge in [-0.15, -0.1) is 0 Å². The maximum absolute atomic E-state index is 9.72. The van der Waals surface area contributed by atoms with E-state index in [0.717, 1.165) is 11.6 Å². The van der Waals surface area contributed by atoms with Crippen LogP contribution in [0.3, 0.4) is 0 Å². The second-order valence-corrected chi connectivity index (χ2v) is 4.48. The summed E-state index contributed by atoms with van der Waals surface area (Å²) >= 11 is 0. The summed E-state index contributed by atoms with van der Waals surface area (Å²) in [7, 11) is 3.44. The molecular weight excluding hydrogens is 232 g/mol. The Morgan fingerprint density at radius 1 is 1.44 bits per heavy atom. The fraction of sp³-hybridized carbons (Fsp3) is 0.615. The molecule has 0 aliphatic heterocycles. The van der Waals surface area contributed by atoms with E-state index in [0.29, 0.717) is 13.2 Å². The summed E-state index contributed by atoms with van der Waals surface area (Å²) in [6.45, 7) is 4.68. The van der Waals surface area contributed by atoms with Gasteiger partial charge < -0.3 is 19.5 Å². The molecule has 18 heavy (non-hydrogen) atoms. The van der Waals surface area contributed by atoms with Crippen molar-refractivity contribution in [3.63, 3.8) is 0 Å². The lowest BCUT2D eigenvalue weighted by molar-refractivity contribution is 0.0693. The van der Waals surface area contributed by atoms with E-state index in [1.54, 1.807) is 13.3 Å². The number of nitrogens with zero attached hydrogens (tertiary/aromatic N) is 2. The Labute approximate surface area is 108 Å². The second-order valence-electron chi connectivity index (χ2n) is 4.48. The highest BCUT2D eigenvalue weighted by atomic mass is 16.5. The quantitative estimate of drug-likeness (QED) is 0.795. The molecule has 1 N–H and O–H groups in total. The molecule has 0 amide bonds. The molecule has 1 atom stereocenters. The van der Waals surface area contributed by atoms with Gasteiger partial charge in [-0.25, -0.2) is 4.98 Å². The highest BCUT2D eigenvalue weighted by Crippen LogP contribution is 2.25. The molecule has 1 rings (SSSR count). The molecular formula is C13H22N2O3. The molecule has 1 aromatic rings. The molecule has 0 saturated heterocycles. The molecule has 1 aromatic heterocycles. The molecule has 0 aromatic carbocycles. The van der Waals surface area contributed by atoms with Crippen molar-refractivity contribution in [3.05, 3.63) is 18.3 Å². The summed E-state index contributed by atoms with van der Waals surface area (Å²) in [6, 6.07) is 3.71. The third-order valence-electron chi connectivity index (χ3n) is 2.32. The third-order valence-corrected chi connectivity index (χ3v) is 2.32. The molecule has 0 aliphatic rings. The maximum Gasteiger partial charge on any atom is 0.171 e. The average Bonchev–Trinajstić information content (AvgIpc) is 2.28. The predicted molar refractivity (Wildman–Crippen MR) is 71.2 cm³/mol. The number of hydrogen-bond donors (Lipinski definition) is 1. The highest BCUT2D eigenvalue weighted by Gasteiger charge is 2.14. The fourth-order valence-electron chi connectivity index (χ4n) is 1.66. The Bertz CT molecular complexity index is 358. The molecule has 0 saturated carbocycles. The van der Waals surface area contributed by atoms with Gasteiger partial charge in [0.2, 0.25) is 0 Å². The molecule has 0 aliphatic carbocycles. The van der Waals surface area contributed by atoms with Crippen LogP contribution in [-0.4, -0.2) is 49.6 Å². The van der Waals surface area contributed by atoms with E-state index in [2.05, 4.69) is 4.98 Å². The Hall–Kier alpha value is -1.33. The zero-order valence-corrected chi connectivity index (χ0v) is 11.5. The lowest BCUT2D eigenvalue weighted by atomic mass is 10.3. The standard InChI is InChI=1S/C13H22N2O3/c1-10(2)18-12-6-5-7-14-13(12)15(3)8-11(16)9-17-4/h5-7,10-11,16H,8-9H2,1-4H3. The summed E-state index contributed by atoms with van der Waals surface area (Å²) in [5.74, 6) is 1.45. The summed E-state index contributed by atoms with van der Waals surface area (Å²) < 4.78 is 10.6. The SMILES string of the molecule is COCC(O)CN(C)c1ncccc1OC(C)C. The van der Waals surface area contributed by atoms with Crippen molar-refractivity contribution in [1.82, 2.24) is 4.98 Å². The summed E-state index contributed by atoms with van der Waals surface area (Å²) in [6.07, 6.45) is 1.25. The van der Waals surface area contributed by atoms with Gasteiger partial charge in [-0.05, 0) is 26.0 Å². The van der Waals surface area contributed by atoms with Crippen LogP contribution >= 0.6 is 0 Å². The number of rotatable bonds is 7. The van der Waals surface area contributed by atoms with E-state index in [9.17, 15) is 5.11 Å². The van der Waals surface area contributed by atoms with Crippen molar-refractivity contribution in [2.75, 3.05) is 32.2 Å². The van der Waals surface area contributed by atoms with E-state index in [1.807, 2.05) is 37.9 Å². The number of pyridine rings is 1. The maximum atomic E-state index is 9.72. The Kier molecular flexibility index (Phi) is 5.88. The van der Waals surface area contributed by atoms with Gasteiger partial charge in [0.05, 0.1) is 18.8 Å². The third kappa shape index (κ3) is 4.50. The molecule has 102 valence electrons. The van der Waals surface area contributed by atoms with Crippen molar-refractivity contribution in [1.29, 1.82) is 0 Å². The van der Waals surface area contributed by atoms with E-state index in [1.165, 1.54) is 0 Å². The first-order valence-corrected chi connectivity index (χ1v) is 6.04. The number of hydrogen-bond acceptors (Lipinski definition) is 5. The lowest BCUT2D eigenvalue weighted by Gasteiger charge is -2.24. The van der Waals surface area contributed by atoms with Crippen LogP contribution in [0.2, 0.25) is 0 Å². The van der Waals surface area contributed by atoms with Crippen LogP contribution in [0.5, 0.6) is 5.75 Å². The first-order chi connectivity index (χ1) is 8.54. The number of aromatic nitrogens is 1. The highest BCUT2D eigenvalue weighted by molar-refractivity contribution is 5.51. The lowest BCUT2D eigenvalue weighted by Crippen LogP contribution is -2.32. The van der Waals surface area contributed by atoms with E-state index < -0.39 is 6.10 Å². The van der Waals surface area contributed by atoms with Crippen LogP contribution in [0, 0.1) is 0 Å². The van der Waals surface area contributed by atoms with Crippen molar-refractivity contribution in [2.24, 2.45) is 0 Å². The molecule has 1 unspecified atom stereocenters. The minimum absolute atomic E-state index is 0.0882. The Morgan fingerprint density at radius 2 is 2.17 bits per heavy atom. The van der Waals surface area contributed by atoms with Crippen molar-refractivity contribution in [2.45, 2.75) is 26.1 Å². The molecule has 0 spiro atoms. The van der Waals surface area contributed by atoms with Crippen LogP contribution < -0.4 is 9.64 Å². The van der Waals surface area contributed by atoms with E-state index >= 15 is 0 Å². The fourth-order valence-corrected chi connectivity index (χ4v) is 1.66. The molecule has 0 radical (unpaired) electrons. The first kappa shape index (κ1) is 14.7. The second kappa shape index (κ2) is 7.18. The minimum atomic E-state index is -0.547. The number of aliphatic hydroxyl groups is 1. The van der Waals surface area contributed by atoms with Crippen LogP contribution in [0.1, 0.15) is 13.8 Å². The van der Waals surface area contributed by atoms with Gasteiger partial charge in [0, 0.05) is 26.9 Å². The summed E-state index contributed by atoms with van der Waals surface area (Å²) in [5.41, 5.74) is 0. The average molecular weight is 254 g/mol. The molecule has 0 fully saturated rings. The number of anilines is 1. The van der Waals surface area contributed by atoms with Crippen molar-refractivity contribution < 1.29 is 14.6 Å². The van der Waals surface area contributed by atoms with Gasteiger partial charge in [0.1, 0.15) is 0 Å². The predicted octanol–water partition coefficient (Wildman–Crippen LogP) is 1.31. The molecule has 5 nitrogen and oxygen atoms in total. The summed E-state index contributed by atoms with van der Waals surface area (Å²) in [4.78, 5) is 6.16. The normalized spacial score (nSPS) is 12.6.